The lowest BCUT2D eigenvalue weighted by Crippen LogP contribution is -2.06. The molecule has 0 aliphatic rings. The van der Waals surface area contributed by atoms with E-state index in [1.54, 1.807) is 13.0 Å². The van der Waals surface area contributed by atoms with Crippen LogP contribution in [-0.4, -0.2) is 23.5 Å². The maximum Gasteiger partial charge on any atom is 0.0639 e. The van der Waals surface area contributed by atoms with Crippen molar-refractivity contribution in [1.82, 2.24) is 5.48 Å². The summed E-state index contributed by atoms with van der Waals surface area (Å²) in [4.78, 5) is 0. The van der Waals surface area contributed by atoms with Gasteiger partial charge in [0.2, 0.25) is 0 Å². The van der Waals surface area contributed by atoms with E-state index in [4.69, 9.17) is 10.3 Å². The summed E-state index contributed by atoms with van der Waals surface area (Å²) in [6.07, 6.45) is 1.71. The van der Waals surface area contributed by atoms with Gasteiger partial charge in [0.25, 0.3) is 0 Å². The summed E-state index contributed by atoms with van der Waals surface area (Å²) in [6, 6.07) is 0. The van der Waals surface area contributed by atoms with E-state index < -0.39 is 0 Å². The third-order valence-electron chi connectivity index (χ3n) is 0.791. The van der Waals surface area contributed by atoms with Crippen LogP contribution in [-0.2, 0) is 0 Å². The maximum atomic E-state index is 8.38. The monoisotopic (exact) mass is 117 g/mol. The van der Waals surface area contributed by atoms with Crippen LogP contribution in [0.1, 0.15) is 6.92 Å². The first kappa shape index (κ1) is 7.62. The summed E-state index contributed by atoms with van der Waals surface area (Å²) in [5.41, 5.74) is 2.80. The zero-order chi connectivity index (χ0) is 6.41. The highest BCUT2D eigenvalue weighted by Gasteiger charge is 1.80. The summed E-state index contributed by atoms with van der Waals surface area (Å²) in [5, 5.41) is 16.4. The second-order valence-electron chi connectivity index (χ2n) is 1.57. The van der Waals surface area contributed by atoms with Crippen LogP contribution in [0.4, 0.5) is 0 Å². The van der Waals surface area contributed by atoms with Gasteiger partial charge in [-0.25, -0.2) is 5.48 Å². The summed E-state index contributed by atoms with van der Waals surface area (Å²) >= 11 is 0. The first-order chi connectivity index (χ1) is 3.81. The molecule has 0 saturated carbocycles. The SMILES string of the molecule is CC(=CCNO)CO. The minimum absolute atomic E-state index is 0.0572. The molecule has 3 heteroatoms. The molecule has 0 unspecified atom stereocenters. The molecule has 0 fully saturated rings. The average molecular weight is 117 g/mol. The normalized spacial score (nSPS) is 12.1. The number of aliphatic hydroxyl groups excluding tert-OH is 1. The Kier molecular flexibility index (Phi) is 4.54. The minimum atomic E-state index is 0.0572. The van der Waals surface area contributed by atoms with E-state index in [9.17, 15) is 0 Å². The lowest BCUT2D eigenvalue weighted by Gasteiger charge is -1.91. The fourth-order valence-corrected chi connectivity index (χ4v) is 0.284. The highest BCUT2D eigenvalue weighted by Crippen LogP contribution is 1.85. The van der Waals surface area contributed by atoms with Crippen LogP contribution in [0.25, 0.3) is 0 Å². The standard InChI is InChI=1S/C5H11NO2/c1-5(4-7)2-3-6-8/h2,6-8H,3-4H2,1H3. The fourth-order valence-electron chi connectivity index (χ4n) is 0.284. The van der Waals surface area contributed by atoms with E-state index in [1.807, 2.05) is 5.48 Å². The molecule has 0 aromatic carbocycles. The topological polar surface area (TPSA) is 52.5 Å². The third-order valence-corrected chi connectivity index (χ3v) is 0.791. The Labute approximate surface area is 48.6 Å². The van der Waals surface area contributed by atoms with E-state index in [1.165, 1.54) is 0 Å². The zero-order valence-corrected chi connectivity index (χ0v) is 4.89. The third kappa shape index (κ3) is 3.80. The van der Waals surface area contributed by atoms with Crippen molar-refractivity contribution in [2.75, 3.05) is 13.2 Å². The molecule has 0 atom stereocenters. The molecular weight excluding hydrogens is 106 g/mol. The Balaban J connectivity index is 3.26. The van der Waals surface area contributed by atoms with Gasteiger partial charge in [-0.15, -0.1) is 0 Å². The first-order valence-corrected chi connectivity index (χ1v) is 2.44. The minimum Gasteiger partial charge on any atom is -0.392 e. The summed E-state index contributed by atoms with van der Waals surface area (Å²) in [5.74, 6) is 0. The molecular formula is C5H11NO2. The smallest absolute Gasteiger partial charge is 0.0639 e. The Morgan fingerprint density at radius 3 is 2.75 bits per heavy atom. The number of hydrogen-bond acceptors (Lipinski definition) is 3. The molecule has 0 aliphatic heterocycles. The number of rotatable bonds is 3. The molecule has 8 heavy (non-hydrogen) atoms. The number of aliphatic hydroxyl groups is 1. The maximum absolute atomic E-state index is 8.38. The van der Waals surface area contributed by atoms with Gasteiger partial charge >= 0.3 is 0 Å². The van der Waals surface area contributed by atoms with Crippen LogP contribution in [0.5, 0.6) is 0 Å². The summed E-state index contributed by atoms with van der Waals surface area (Å²) in [7, 11) is 0. The number of hydroxylamine groups is 1. The van der Waals surface area contributed by atoms with Gasteiger partial charge < -0.3 is 10.3 Å². The predicted molar refractivity (Wildman–Crippen MR) is 30.6 cm³/mol. The van der Waals surface area contributed by atoms with Crippen molar-refractivity contribution in [1.29, 1.82) is 0 Å². The van der Waals surface area contributed by atoms with Gasteiger partial charge in [-0.2, -0.15) is 0 Å². The van der Waals surface area contributed by atoms with Crippen molar-refractivity contribution in [3.63, 3.8) is 0 Å². The van der Waals surface area contributed by atoms with Crippen molar-refractivity contribution in [3.05, 3.63) is 11.6 Å². The molecule has 0 heterocycles. The van der Waals surface area contributed by atoms with Crippen LogP contribution in [0, 0.1) is 0 Å². The quantitative estimate of drug-likeness (QED) is 0.357. The van der Waals surface area contributed by atoms with Gasteiger partial charge in [-0.3, -0.25) is 0 Å². The van der Waals surface area contributed by atoms with Crippen LogP contribution < -0.4 is 5.48 Å². The molecule has 0 rings (SSSR count). The molecule has 0 amide bonds. The van der Waals surface area contributed by atoms with E-state index in [2.05, 4.69) is 0 Å². The highest BCUT2D eigenvalue weighted by molar-refractivity contribution is 4.97. The highest BCUT2D eigenvalue weighted by atomic mass is 16.5. The van der Waals surface area contributed by atoms with Gasteiger partial charge in [0.15, 0.2) is 0 Å². The molecule has 0 aromatic rings. The molecule has 48 valence electrons. The molecule has 0 aromatic heterocycles. The summed E-state index contributed by atoms with van der Waals surface area (Å²) in [6.45, 7) is 2.24. The van der Waals surface area contributed by atoms with Crippen molar-refractivity contribution in [2.24, 2.45) is 0 Å². The van der Waals surface area contributed by atoms with Gasteiger partial charge in [-0.1, -0.05) is 11.6 Å². The second kappa shape index (κ2) is 4.77. The van der Waals surface area contributed by atoms with Crippen molar-refractivity contribution in [2.45, 2.75) is 6.92 Å². The molecule has 0 spiro atoms. The van der Waals surface area contributed by atoms with Crippen molar-refractivity contribution >= 4 is 0 Å². The molecule has 0 aliphatic carbocycles. The zero-order valence-electron chi connectivity index (χ0n) is 4.89. The predicted octanol–water partition coefficient (Wildman–Crippen LogP) is -0.0962. The Morgan fingerprint density at radius 2 is 2.38 bits per heavy atom. The van der Waals surface area contributed by atoms with E-state index in [0.717, 1.165) is 5.57 Å². The van der Waals surface area contributed by atoms with Crippen LogP contribution in [0.3, 0.4) is 0 Å². The molecule has 3 N–H and O–H groups in total. The lowest BCUT2D eigenvalue weighted by atomic mass is 10.3. The van der Waals surface area contributed by atoms with Gasteiger partial charge in [0.1, 0.15) is 0 Å². The molecule has 3 nitrogen and oxygen atoms in total. The Hall–Kier alpha value is -0.380. The van der Waals surface area contributed by atoms with Gasteiger partial charge in [-0.05, 0) is 6.92 Å². The van der Waals surface area contributed by atoms with Crippen LogP contribution in [0.2, 0.25) is 0 Å². The van der Waals surface area contributed by atoms with E-state index in [-0.39, 0.29) is 6.61 Å². The second-order valence-corrected chi connectivity index (χ2v) is 1.57. The van der Waals surface area contributed by atoms with Crippen LogP contribution in [0.15, 0.2) is 11.6 Å². The van der Waals surface area contributed by atoms with Crippen molar-refractivity contribution < 1.29 is 10.3 Å². The molecule has 0 radical (unpaired) electrons. The van der Waals surface area contributed by atoms with Gasteiger partial charge in [0, 0.05) is 6.54 Å². The fraction of sp³-hybridized carbons (Fsp3) is 0.600. The summed E-state index contributed by atoms with van der Waals surface area (Å²) < 4.78 is 0. The lowest BCUT2D eigenvalue weighted by molar-refractivity contribution is 0.179. The average Bonchev–Trinajstić information content (AvgIpc) is 1.83. The Bertz CT molecular complexity index is 80.5. The van der Waals surface area contributed by atoms with E-state index in [0.29, 0.717) is 6.54 Å². The largest absolute Gasteiger partial charge is 0.392 e. The Morgan fingerprint density at radius 1 is 1.75 bits per heavy atom. The van der Waals surface area contributed by atoms with Crippen molar-refractivity contribution in [3.8, 4) is 0 Å². The molecule has 0 bridgehead atoms. The van der Waals surface area contributed by atoms with Crippen LogP contribution >= 0.6 is 0 Å². The molecule has 0 saturated heterocycles. The number of nitrogens with one attached hydrogen (secondary N) is 1. The number of hydrogen-bond donors (Lipinski definition) is 3. The van der Waals surface area contributed by atoms with Gasteiger partial charge in [0.05, 0.1) is 6.61 Å². The first-order valence-electron chi connectivity index (χ1n) is 2.44. The van der Waals surface area contributed by atoms with E-state index >= 15 is 0 Å².